The van der Waals surface area contributed by atoms with Gasteiger partial charge in [0.05, 0.1) is 12.2 Å². The van der Waals surface area contributed by atoms with E-state index in [0.717, 1.165) is 56.2 Å². The van der Waals surface area contributed by atoms with Gasteiger partial charge in [-0.1, -0.05) is 6.92 Å². The van der Waals surface area contributed by atoms with Crippen molar-refractivity contribution in [2.24, 2.45) is 0 Å². The monoisotopic (exact) mass is 378 g/mol. The number of carbonyl (C=O) groups is 2. The Morgan fingerprint density at radius 3 is 2.41 bits per heavy atom. The number of esters is 1. The Morgan fingerprint density at radius 1 is 1.11 bits per heavy atom. The Balaban J connectivity index is 1.73. The van der Waals surface area contributed by atoms with Crippen LogP contribution in [0.1, 0.15) is 47.6 Å². The third kappa shape index (κ3) is 6.07. The highest BCUT2D eigenvalue weighted by molar-refractivity contribution is 5.92. The van der Waals surface area contributed by atoms with Crippen molar-refractivity contribution in [2.45, 2.75) is 40.5 Å². The molecule has 0 unspecified atom stereocenters. The standard InChI is InChI=1S/C20H34N4O3/c1-5-23-11-13-24(14-12-23)10-9-21-18(25)8-7-17-15(3)19(16(4)22-17)20(26)27-6-2/h22H,5-14H2,1-4H3,(H,21,25). The van der Waals surface area contributed by atoms with Crippen LogP contribution in [0, 0.1) is 13.8 Å². The van der Waals surface area contributed by atoms with Crippen molar-refractivity contribution in [3.63, 3.8) is 0 Å². The zero-order valence-electron chi connectivity index (χ0n) is 17.2. The number of H-pyrrole nitrogens is 1. The van der Waals surface area contributed by atoms with E-state index in [1.807, 2.05) is 13.8 Å². The average molecular weight is 379 g/mol. The number of hydrogen-bond donors (Lipinski definition) is 2. The molecule has 0 bridgehead atoms. The quantitative estimate of drug-likeness (QED) is 0.637. The summed E-state index contributed by atoms with van der Waals surface area (Å²) in [5, 5.41) is 3.01. The Bertz CT molecular complexity index is 633. The third-order valence-electron chi connectivity index (χ3n) is 5.28. The number of aromatic amines is 1. The van der Waals surface area contributed by atoms with Gasteiger partial charge in [0.15, 0.2) is 0 Å². The lowest BCUT2D eigenvalue weighted by Crippen LogP contribution is -2.48. The van der Waals surface area contributed by atoms with E-state index >= 15 is 0 Å². The van der Waals surface area contributed by atoms with Crippen LogP contribution >= 0.6 is 0 Å². The highest BCUT2D eigenvalue weighted by Gasteiger charge is 2.19. The lowest BCUT2D eigenvalue weighted by atomic mass is 10.1. The maximum atomic E-state index is 12.2. The zero-order chi connectivity index (χ0) is 19.8. The summed E-state index contributed by atoms with van der Waals surface area (Å²) in [6.45, 7) is 15.2. The number of aromatic nitrogens is 1. The Hall–Kier alpha value is -1.86. The van der Waals surface area contributed by atoms with Crippen LogP contribution in [0.2, 0.25) is 0 Å². The minimum Gasteiger partial charge on any atom is -0.462 e. The molecule has 2 N–H and O–H groups in total. The van der Waals surface area contributed by atoms with Gasteiger partial charge >= 0.3 is 5.97 Å². The highest BCUT2D eigenvalue weighted by atomic mass is 16.5. The molecule has 1 fully saturated rings. The molecule has 1 saturated heterocycles. The molecule has 0 aliphatic carbocycles. The minimum atomic E-state index is -0.303. The summed E-state index contributed by atoms with van der Waals surface area (Å²) < 4.78 is 5.11. The second kappa shape index (κ2) is 10.5. The number of aryl methyl sites for hydroxylation is 2. The fourth-order valence-corrected chi connectivity index (χ4v) is 3.58. The molecule has 152 valence electrons. The molecule has 0 spiro atoms. The van der Waals surface area contributed by atoms with Crippen LogP contribution in [0.4, 0.5) is 0 Å². The van der Waals surface area contributed by atoms with Crippen molar-refractivity contribution in [3.8, 4) is 0 Å². The Labute approximate surface area is 162 Å². The molecule has 1 aliphatic rings. The van der Waals surface area contributed by atoms with Gasteiger partial charge in [0, 0.05) is 57.1 Å². The SMILES string of the molecule is CCOC(=O)c1c(C)[nH]c(CCC(=O)NCCN2CCN(CC)CC2)c1C. The number of carbonyl (C=O) groups excluding carboxylic acids is 2. The number of piperazine rings is 1. The fourth-order valence-electron chi connectivity index (χ4n) is 3.58. The Kier molecular flexibility index (Phi) is 8.31. The average Bonchev–Trinajstić information content (AvgIpc) is 2.94. The number of likely N-dealkylation sites (N-methyl/N-ethyl adjacent to an activating group) is 1. The van der Waals surface area contributed by atoms with Crippen LogP contribution in [0.15, 0.2) is 0 Å². The molecule has 0 aromatic carbocycles. The predicted octanol–water partition coefficient (Wildman–Crippen LogP) is 1.49. The molecule has 2 rings (SSSR count). The normalized spacial score (nSPS) is 15.7. The number of amides is 1. The maximum Gasteiger partial charge on any atom is 0.340 e. The molecule has 0 radical (unpaired) electrons. The maximum absolute atomic E-state index is 12.2. The molecule has 0 saturated carbocycles. The van der Waals surface area contributed by atoms with Crippen LogP contribution in [0.25, 0.3) is 0 Å². The van der Waals surface area contributed by atoms with Crippen LogP contribution in [0.5, 0.6) is 0 Å². The number of rotatable bonds is 9. The van der Waals surface area contributed by atoms with Crippen LogP contribution in [-0.4, -0.2) is 79.1 Å². The molecule has 0 atom stereocenters. The molecule has 1 aromatic rings. The minimum absolute atomic E-state index is 0.0477. The molecule has 7 heteroatoms. The van der Waals surface area contributed by atoms with Crippen LogP contribution in [-0.2, 0) is 16.0 Å². The number of nitrogens with zero attached hydrogens (tertiary/aromatic N) is 2. The van der Waals surface area contributed by atoms with Gasteiger partial charge in [0.25, 0.3) is 0 Å². The van der Waals surface area contributed by atoms with Crippen LogP contribution in [0.3, 0.4) is 0 Å². The number of hydrogen-bond acceptors (Lipinski definition) is 5. The predicted molar refractivity (Wildman–Crippen MR) is 106 cm³/mol. The molecular weight excluding hydrogens is 344 g/mol. The van der Waals surface area contributed by atoms with Gasteiger partial charge in [-0.3, -0.25) is 9.69 Å². The first-order valence-corrected chi connectivity index (χ1v) is 10.0. The van der Waals surface area contributed by atoms with Crippen molar-refractivity contribution >= 4 is 11.9 Å². The second-order valence-electron chi connectivity index (χ2n) is 7.07. The lowest BCUT2D eigenvalue weighted by Gasteiger charge is -2.33. The second-order valence-corrected chi connectivity index (χ2v) is 7.07. The Morgan fingerprint density at radius 2 is 1.78 bits per heavy atom. The first-order chi connectivity index (χ1) is 13.0. The van der Waals surface area contributed by atoms with E-state index in [1.165, 1.54) is 0 Å². The van der Waals surface area contributed by atoms with Gasteiger partial charge in [-0.25, -0.2) is 4.79 Å². The van der Waals surface area contributed by atoms with E-state index in [1.54, 1.807) is 6.92 Å². The molecular formula is C20H34N4O3. The summed E-state index contributed by atoms with van der Waals surface area (Å²) in [7, 11) is 0. The van der Waals surface area contributed by atoms with Crippen molar-refractivity contribution in [3.05, 3.63) is 22.5 Å². The van der Waals surface area contributed by atoms with Crippen molar-refractivity contribution in [2.75, 3.05) is 52.4 Å². The third-order valence-corrected chi connectivity index (χ3v) is 5.28. The topological polar surface area (TPSA) is 77.7 Å². The summed E-state index contributed by atoms with van der Waals surface area (Å²) >= 11 is 0. The summed E-state index contributed by atoms with van der Waals surface area (Å²) in [4.78, 5) is 32.3. The lowest BCUT2D eigenvalue weighted by molar-refractivity contribution is -0.121. The van der Waals surface area contributed by atoms with E-state index in [2.05, 4.69) is 27.0 Å². The van der Waals surface area contributed by atoms with E-state index in [0.29, 0.717) is 31.6 Å². The molecule has 27 heavy (non-hydrogen) atoms. The first kappa shape index (κ1) is 21.4. The number of nitrogens with one attached hydrogen (secondary N) is 2. The van der Waals surface area contributed by atoms with Crippen molar-refractivity contribution in [1.82, 2.24) is 20.1 Å². The summed E-state index contributed by atoms with van der Waals surface area (Å²) in [6, 6.07) is 0. The fraction of sp³-hybridized carbons (Fsp3) is 0.700. The largest absolute Gasteiger partial charge is 0.462 e. The first-order valence-electron chi connectivity index (χ1n) is 10.0. The smallest absolute Gasteiger partial charge is 0.340 e. The molecule has 1 aromatic heterocycles. The summed E-state index contributed by atoms with van der Waals surface area (Å²) in [5.74, 6) is -0.255. The van der Waals surface area contributed by atoms with Crippen LogP contribution < -0.4 is 5.32 Å². The van der Waals surface area contributed by atoms with E-state index in [4.69, 9.17) is 4.74 Å². The van der Waals surface area contributed by atoms with Gasteiger partial charge in [-0.2, -0.15) is 0 Å². The number of ether oxygens (including phenoxy) is 1. The molecule has 1 aliphatic heterocycles. The molecule has 1 amide bonds. The molecule has 2 heterocycles. The van der Waals surface area contributed by atoms with Gasteiger partial charge in [-0.05, 0) is 39.3 Å². The van der Waals surface area contributed by atoms with Gasteiger partial charge in [-0.15, -0.1) is 0 Å². The van der Waals surface area contributed by atoms with Crippen molar-refractivity contribution < 1.29 is 14.3 Å². The summed E-state index contributed by atoms with van der Waals surface area (Å²) in [5.41, 5.74) is 3.21. The van der Waals surface area contributed by atoms with E-state index in [-0.39, 0.29) is 11.9 Å². The van der Waals surface area contributed by atoms with E-state index < -0.39 is 0 Å². The summed E-state index contributed by atoms with van der Waals surface area (Å²) in [6.07, 6.45) is 1.000. The molecule has 7 nitrogen and oxygen atoms in total. The van der Waals surface area contributed by atoms with Gasteiger partial charge < -0.3 is 19.9 Å². The van der Waals surface area contributed by atoms with E-state index in [9.17, 15) is 9.59 Å². The highest BCUT2D eigenvalue weighted by Crippen LogP contribution is 2.20. The van der Waals surface area contributed by atoms with Gasteiger partial charge in [0.1, 0.15) is 0 Å². The zero-order valence-corrected chi connectivity index (χ0v) is 17.2. The van der Waals surface area contributed by atoms with Crippen molar-refractivity contribution in [1.29, 1.82) is 0 Å². The van der Waals surface area contributed by atoms with Gasteiger partial charge in [0.2, 0.25) is 5.91 Å².